The zero-order chi connectivity index (χ0) is 13.5. The molecule has 18 heavy (non-hydrogen) atoms. The van der Waals surface area contributed by atoms with E-state index in [-0.39, 0.29) is 10.5 Å². The molecule has 0 spiro atoms. The monoisotopic (exact) mass is 276 g/mol. The number of H-pyrrole nitrogens is 1. The van der Waals surface area contributed by atoms with Gasteiger partial charge in [-0.15, -0.1) is 0 Å². The minimum Gasteiger partial charge on any atom is -0.337 e. The van der Waals surface area contributed by atoms with E-state index in [1.807, 2.05) is 0 Å². The smallest absolute Gasteiger partial charge is 0.337 e. The lowest BCUT2D eigenvalue weighted by Crippen LogP contribution is -2.09. The Bertz CT molecular complexity index is 639. The molecule has 0 aliphatic heterocycles. The van der Waals surface area contributed by atoms with Crippen LogP contribution in [-0.2, 0) is 6.18 Å². The van der Waals surface area contributed by atoms with Gasteiger partial charge in [-0.25, -0.2) is 4.39 Å². The van der Waals surface area contributed by atoms with Crippen LogP contribution < -0.4 is 0 Å². The van der Waals surface area contributed by atoms with Gasteiger partial charge in [0.2, 0.25) is 0 Å². The van der Waals surface area contributed by atoms with Gasteiger partial charge in [0.25, 0.3) is 0 Å². The third-order valence-corrected chi connectivity index (χ3v) is 2.77. The topological polar surface area (TPSA) is 20.7 Å². The van der Waals surface area contributed by atoms with E-state index in [4.69, 9.17) is 12.2 Å². The molecule has 0 saturated carbocycles. The first-order valence-corrected chi connectivity index (χ1v) is 5.35. The molecule has 1 aromatic carbocycles. The molecule has 0 fully saturated rings. The summed E-state index contributed by atoms with van der Waals surface area (Å²) in [7, 11) is 0. The summed E-state index contributed by atoms with van der Waals surface area (Å²) >= 11 is 4.96. The zero-order valence-corrected chi connectivity index (χ0v) is 9.99. The van der Waals surface area contributed by atoms with Crippen LogP contribution in [0.25, 0.3) is 5.69 Å². The van der Waals surface area contributed by atoms with Gasteiger partial charge in [-0.1, -0.05) is 0 Å². The van der Waals surface area contributed by atoms with Gasteiger partial charge in [0.15, 0.2) is 4.77 Å². The quantitative estimate of drug-likeness (QED) is 0.616. The van der Waals surface area contributed by atoms with E-state index in [0.717, 1.165) is 12.1 Å². The highest BCUT2D eigenvalue weighted by Gasteiger charge is 2.34. The summed E-state index contributed by atoms with van der Waals surface area (Å²) in [4.78, 5) is 2.71. The van der Waals surface area contributed by atoms with Crippen LogP contribution in [0.4, 0.5) is 17.6 Å². The van der Waals surface area contributed by atoms with Crippen molar-refractivity contribution >= 4 is 12.2 Å². The number of aromatic amines is 1. The van der Waals surface area contributed by atoms with Gasteiger partial charge < -0.3 is 4.98 Å². The Morgan fingerprint density at radius 1 is 1.28 bits per heavy atom. The molecule has 0 radical (unpaired) electrons. The number of halogens is 4. The van der Waals surface area contributed by atoms with E-state index < -0.39 is 17.6 Å². The van der Waals surface area contributed by atoms with Crippen LogP contribution in [-0.4, -0.2) is 9.55 Å². The van der Waals surface area contributed by atoms with Crippen molar-refractivity contribution in [2.75, 3.05) is 0 Å². The first kappa shape index (κ1) is 12.8. The van der Waals surface area contributed by atoms with Crippen molar-refractivity contribution in [1.29, 1.82) is 0 Å². The van der Waals surface area contributed by atoms with E-state index in [9.17, 15) is 17.6 Å². The van der Waals surface area contributed by atoms with Crippen molar-refractivity contribution in [2.24, 2.45) is 0 Å². The van der Waals surface area contributed by atoms with E-state index in [0.29, 0.717) is 5.69 Å². The highest BCUT2D eigenvalue weighted by atomic mass is 32.1. The highest BCUT2D eigenvalue weighted by Crippen LogP contribution is 2.32. The summed E-state index contributed by atoms with van der Waals surface area (Å²) in [5, 5.41) is 0. The Morgan fingerprint density at radius 3 is 2.44 bits per heavy atom. The molecular formula is C11H8F4N2S. The molecule has 2 aromatic rings. The first-order valence-electron chi connectivity index (χ1n) is 4.95. The molecule has 1 heterocycles. The molecule has 0 unspecified atom stereocenters. The van der Waals surface area contributed by atoms with Crippen molar-refractivity contribution in [3.8, 4) is 5.69 Å². The van der Waals surface area contributed by atoms with Crippen molar-refractivity contribution < 1.29 is 17.6 Å². The van der Waals surface area contributed by atoms with E-state index in [2.05, 4.69) is 4.98 Å². The number of nitrogens with zero attached hydrogens (tertiary/aromatic N) is 1. The number of aromatic nitrogens is 2. The standard InChI is InChI=1S/C11H8F4N2S/c1-6-5-16-10(18)17(6)7-2-3-9(12)8(4-7)11(13,14)15/h2-5H,1H3,(H,16,18). The molecule has 0 aliphatic rings. The number of aryl methyl sites for hydroxylation is 1. The van der Waals surface area contributed by atoms with Crippen LogP contribution in [0.3, 0.4) is 0 Å². The second-order valence-electron chi connectivity index (χ2n) is 3.73. The van der Waals surface area contributed by atoms with Crippen molar-refractivity contribution in [2.45, 2.75) is 13.1 Å². The van der Waals surface area contributed by atoms with Crippen LogP contribution in [0.5, 0.6) is 0 Å². The Hall–Kier alpha value is -1.63. The first-order chi connectivity index (χ1) is 8.30. The van der Waals surface area contributed by atoms with Gasteiger partial charge in [-0.2, -0.15) is 13.2 Å². The Balaban J connectivity index is 2.65. The van der Waals surface area contributed by atoms with E-state index >= 15 is 0 Å². The molecule has 0 aliphatic carbocycles. The van der Waals surface area contributed by atoms with E-state index in [1.165, 1.54) is 10.6 Å². The summed E-state index contributed by atoms with van der Waals surface area (Å²) in [6.07, 6.45) is -3.16. The normalized spacial score (nSPS) is 11.8. The van der Waals surface area contributed by atoms with Crippen LogP contribution in [0.1, 0.15) is 11.3 Å². The minimum atomic E-state index is -4.73. The fourth-order valence-corrected chi connectivity index (χ4v) is 1.95. The van der Waals surface area contributed by atoms with Gasteiger partial charge in [0.1, 0.15) is 5.82 Å². The maximum atomic E-state index is 13.1. The molecular weight excluding hydrogens is 268 g/mol. The average molecular weight is 276 g/mol. The van der Waals surface area contributed by atoms with E-state index in [1.54, 1.807) is 13.1 Å². The van der Waals surface area contributed by atoms with Gasteiger partial charge >= 0.3 is 6.18 Å². The predicted octanol–water partition coefficient (Wildman–Crippen LogP) is 4.00. The molecule has 2 nitrogen and oxygen atoms in total. The third kappa shape index (κ3) is 2.17. The van der Waals surface area contributed by atoms with Crippen molar-refractivity contribution in [3.63, 3.8) is 0 Å². The summed E-state index contributed by atoms with van der Waals surface area (Å²) in [6.45, 7) is 1.68. The number of alkyl halides is 3. The molecule has 96 valence electrons. The summed E-state index contributed by atoms with van der Waals surface area (Å²) in [5.74, 6) is -1.30. The zero-order valence-electron chi connectivity index (χ0n) is 9.18. The second-order valence-corrected chi connectivity index (χ2v) is 4.12. The summed E-state index contributed by atoms with van der Waals surface area (Å²) < 4.78 is 52.6. The molecule has 1 N–H and O–H groups in total. The number of imidazole rings is 1. The van der Waals surface area contributed by atoms with Crippen LogP contribution in [0.2, 0.25) is 0 Å². The largest absolute Gasteiger partial charge is 0.419 e. The third-order valence-electron chi connectivity index (χ3n) is 2.47. The Labute approximate surface area is 105 Å². The average Bonchev–Trinajstić information content (AvgIpc) is 2.58. The van der Waals surface area contributed by atoms with Crippen LogP contribution >= 0.6 is 12.2 Å². The molecule has 0 amide bonds. The van der Waals surface area contributed by atoms with Crippen LogP contribution in [0.15, 0.2) is 24.4 Å². The number of hydrogen-bond donors (Lipinski definition) is 1. The molecule has 0 bridgehead atoms. The maximum absolute atomic E-state index is 13.1. The van der Waals surface area contributed by atoms with Crippen molar-refractivity contribution in [1.82, 2.24) is 9.55 Å². The fraction of sp³-hybridized carbons (Fsp3) is 0.182. The summed E-state index contributed by atoms with van der Waals surface area (Å²) in [5.41, 5.74) is -0.491. The lowest BCUT2D eigenvalue weighted by Gasteiger charge is -2.11. The number of rotatable bonds is 1. The SMILES string of the molecule is Cc1c[nH]c(=S)n1-c1ccc(F)c(C(F)(F)F)c1. The molecule has 0 saturated heterocycles. The number of nitrogens with one attached hydrogen (secondary N) is 1. The van der Waals surface area contributed by atoms with Crippen LogP contribution in [0, 0.1) is 17.5 Å². The highest BCUT2D eigenvalue weighted by molar-refractivity contribution is 7.71. The lowest BCUT2D eigenvalue weighted by molar-refractivity contribution is -0.140. The molecule has 2 rings (SSSR count). The Kier molecular flexibility index (Phi) is 3.02. The minimum absolute atomic E-state index is 0.174. The fourth-order valence-electron chi connectivity index (χ4n) is 1.65. The van der Waals surface area contributed by atoms with Gasteiger partial charge in [-0.3, -0.25) is 4.57 Å². The number of hydrogen-bond acceptors (Lipinski definition) is 1. The summed E-state index contributed by atoms with van der Waals surface area (Å²) in [6, 6.07) is 2.78. The Morgan fingerprint density at radius 2 is 1.94 bits per heavy atom. The molecule has 1 aromatic heterocycles. The van der Waals surface area contributed by atoms with Crippen molar-refractivity contribution in [3.05, 3.63) is 46.2 Å². The van der Waals surface area contributed by atoms with Gasteiger partial charge in [-0.05, 0) is 37.3 Å². The predicted molar refractivity (Wildman–Crippen MR) is 60.7 cm³/mol. The maximum Gasteiger partial charge on any atom is 0.419 e. The van der Waals surface area contributed by atoms with Gasteiger partial charge in [0.05, 0.1) is 5.56 Å². The molecule has 7 heteroatoms. The number of benzene rings is 1. The van der Waals surface area contributed by atoms with Gasteiger partial charge in [0, 0.05) is 17.6 Å². The lowest BCUT2D eigenvalue weighted by atomic mass is 10.1. The second kappa shape index (κ2) is 4.24. The molecule has 0 atom stereocenters.